The van der Waals surface area contributed by atoms with E-state index in [0.717, 1.165) is 6.33 Å². The lowest BCUT2D eigenvalue weighted by atomic mass is 10.1. The van der Waals surface area contributed by atoms with Gasteiger partial charge in [0.05, 0.1) is 18.6 Å². The van der Waals surface area contributed by atoms with E-state index in [1.807, 2.05) is 0 Å². The fourth-order valence-corrected chi connectivity index (χ4v) is 6.68. The number of phosphoric acid groups is 2. The lowest BCUT2D eigenvalue weighted by molar-refractivity contribution is -0.205. The number of aliphatic hydroxyl groups is 2. The maximum Gasteiger partial charge on any atom is 0.518 e. The zero-order chi connectivity index (χ0) is 23.2. The Morgan fingerprint density at radius 3 is 2.58 bits per heavy atom. The predicted octanol–water partition coefficient (Wildman–Crippen LogP) is -1.76. The molecule has 0 amide bonds. The molecule has 0 spiro atoms. The molecule has 0 bridgehead atoms. The van der Waals surface area contributed by atoms with Gasteiger partial charge in [0.15, 0.2) is 17.7 Å². The molecule has 2 aromatic heterocycles. The molecule has 6 atom stereocenters. The van der Waals surface area contributed by atoms with Crippen molar-refractivity contribution in [3.63, 3.8) is 0 Å². The Morgan fingerprint density at radius 2 is 1.94 bits per heavy atom. The van der Waals surface area contributed by atoms with Gasteiger partial charge in [-0.15, -0.1) is 0 Å². The molecule has 3 heterocycles. The molecule has 0 saturated carbocycles. The number of fused-ring (bicyclic) bond motifs is 1. The van der Waals surface area contributed by atoms with Crippen LogP contribution in [0.5, 0.6) is 0 Å². The van der Waals surface area contributed by atoms with E-state index in [0.29, 0.717) is 0 Å². The van der Waals surface area contributed by atoms with Gasteiger partial charge >= 0.3 is 22.8 Å². The molecule has 7 N–H and O–H groups in total. The number of hydrogen-bond donors (Lipinski definition) is 7. The number of nitrogen functional groups attached to an aromatic ring is 1. The SMILES string of the molecule is Nc1ncnc2c1ncn2C1OC(CO[P+]([O-])(S)OP(=O)(O)OP(=O)(O)O)C(O)C1O. The summed E-state index contributed by atoms with van der Waals surface area (Å²) in [5.74, 6) is 0.0655. The summed E-state index contributed by atoms with van der Waals surface area (Å²) in [6.07, 6.45) is -3.33. The van der Waals surface area contributed by atoms with Crippen molar-refractivity contribution < 1.29 is 56.8 Å². The highest BCUT2D eigenvalue weighted by atomic mass is 32.7. The molecule has 1 aliphatic heterocycles. The first-order valence-corrected chi connectivity index (χ1v) is 13.6. The molecule has 21 heteroatoms. The Bertz CT molecular complexity index is 1050. The maximum absolute atomic E-state index is 12.1. The van der Waals surface area contributed by atoms with Crippen molar-refractivity contribution in [3.05, 3.63) is 12.7 Å². The zero-order valence-corrected chi connectivity index (χ0v) is 18.5. The largest absolute Gasteiger partial charge is 0.621 e. The zero-order valence-electron chi connectivity index (χ0n) is 14.9. The van der Waals surface area contributed by atoms with Crippen molar-refractivity contribution >= 4 is 52.0 Å². The first-order valence-electron chi connectivity index (χ1n) is 7.92. The highest BCUT2D eigenvalue weighted by Gasteiger charge is 2.48. The second-order valence-corrected chi connectivity index (χ2v) is 11.9. The lowest BCUT2D eigenvalue weighted by Crippen LogP contribution is -2.34. The molecular weight excluding hydrogens is 507 g/mol. The monoisotopic (exact) mass is 523 g/mol. The maximum atomic E-state index is 12.1. The van der Waals surface area contributed by atoms with E-state index < -0.39 is 53.9 Å². The number of nitrogens with zero attached hydrogens (tertiary/aromatic N) is 4. The number of rotatable bonds is 8. The quantitative estimate of drug-likeness (QED) is 0.149. The summed E-state index contributed by atoms with van der Waals surface area (Å²) in [6, 6.07) is 0. The molecule has 2 aromatic rings. The number of nitrogens with two attached hydrogens (primary N) is 1. The molecule has 1 aliphatic rings. The Labute approximate surface area is 178 Å². The van der Waals surface area contributed by atoms with Gasteiger partial charge in [0, 0.05) is 0 Å². The van der Waals surface area contributed by atoms with Crippen molar-refractivity contribution in [3.8, 4) is 0 Å². The summed E-state index contributed by atoms with van der Waals surface area (Å²) < 4.78 is 41.1. The van der Waals surface area contributed by atoms with E-state index in [1.165, 1.54) is 10.9 Å². The Morgan fingerprint density at radius 1 is 1.26 bits per heavy atom. The van der Waals surface area contributed by atoms with Crippen molar-refractivity contribution in [2.75, 3.05) is 12.3 Å². The molecule has 3 rings (SSSR count). The second-order valence-electron chi connectivity index (χ2n) is 6.02. The molecule has 31 heavy (non-hydrogen) atoms. The molecule has 0 radical (unpaired) electrons. The number of aromatic nitrogens is 4. The fourth-order valence-electron chi connectivity index (χ4n) is 2.62. The number of aliphatic hydroxyl groups excluding tert-OH is 2. The van der Waals surface area contributed by atoms with Crippen molar-refractivity contribution in [2.24, 2.45) is 0 Å². The normalized spacial score (nSPS) is 28.5. The van der Waals surface area contributed by atoms with E-state index in [9.17, 15) is 29.1 Å². The average molecular weight is 523 g/mol. The van der Waals surface area contributed by atoms with E-state index in [4.69, 9.17) is 24.8 Å². The lowest BCUT2D eigenvalue weighted by Gasteiger charge is -2.24. The molecule has 17 nitrogen and oxygen atoms in total. The fraction of sp³-hybridized carbons (Fsp3) is 0.500. The van der Waals surface area contributed by atoms with Crippen molar-refractivity contribution in [2.45, 2.75) is 24.5 Å². The summed E-state index contributed by atoms with van der Waals surface area (Å²) in [5.41, 5.74) is 6.08. The smallest absolute Gasteiger partial charge is 0.518 e. The van der Waals surface area contributed by atoms with Crippen LogP contribution in [0.15, 0.2) is 12.7 Å². The van der Waals surface area contributed by atoms with Crippen LogP contribution >= 0.6 is 35.0 Å². The molecule has 6 unspecified atom stereocenters. The molecular formula is C10H16N5O12P3S. The number of imidazole rings is 1. The molecule has 1 fully saturated rings. The topological polar surface area (TPSA) is 265 Å². The van der Waals surface area contributed by atoms with Gasteiger partial charge < -0.3 is 35.4 Å². The van der Waals surface area contributed by atoms with Gasteiger partial charge in [0.2, 0.25) is 0 Å². The van der Waals surface area contributed by atoms with Gasteiger partial charge in [0.1, 0.15) is 36.8 Å². The van der Waals surface area contributed by atoms with Gasteiger partial charge in [-0.1, -0.05) is 4.31 Å². The van der Waals surface area contributed by atoms with E-state index >= 15 is 0 Å². The predicted molar refractivity (Wildman–Crippen MR) is 102 cm³/mol. The molecule has 174 valence electrons. The highest BCUT2D eigenvalue weighted by molar-refractivity contribution is 8.47. The second kappa shape index (κ2) is 8.85. The Balaban J connectivity index is 1.68. The highest BCUT2D eigenvalue weighted by Crippen LogP contribution is 2.71. The van der Waals surface area contributed by atoms with Gasteiger partial charge in [-0.25, -0.2) is 24.1 Å². The van der Waals surface area contributed by atoms with Crippen LogP contribution in [-0.2, 0) is 27.0 Å². The van der Waals surface area contributed by atoms with Crippen LogP contribution in [-0.4, -0.2) is 69.3 Å². The van der Waals surface area contributed by atoms with Gasteiger partial charge in [-0.05, 0) is 0 Å². The number of ether oxygens (including phenoxy) is 1. The van der Waals surface area contributed by atoms with Gasteiger partial charge in [-0.3, -0.25) is 9.46 Å². The standard InChI is InChI=1S/C10H16N5O12P3S/c11-8-5-9(13-2-12-8)15(3-14-5)10-7(17)6(16)4(25-10)1-24-30(23,31)27-29(21,22)26-28(18,19)20/h2-4,6-7,10,16-17H,1H2,(H,21,22)(H,23,31)(H2,11,12,13)(H2,18,19,20). The van der Waals surface area contributed by atoms with E-state index in [2.05, 4.69) is 35.8 Å². The number of anilines is 1. The molecule has 1 saturated heterocycles. The minimum absolute atomic E-state index is 0.0655. The third kappa shape index (κ3) is 5.96. The first-order chi connectivity index (χ1) is 14.2. The Kier molecular flexibility index (Phi) is 7.09. The Hall–Kier alpha value is -0.810. The summed E-state index contributed by atoms with van der Waals surface area (Å²) >= 11 is 3.40. The van der Waals surface area contributed by atoms with Crippen molar-refractivity contribution in [1.29, 1.82) is 0 Å². The van der Waals surface area contributed by atoms with Crippen LogP contribution < -0.4 is 10.6 Å². The van der Waals surface area contributed by atoms with E-state index in [-0.39, 0.29) is 17.0 Å². The summed E-state index contributed by atoms with van der Waals surface area (Å²) in [6.45, 7) is -0.783. The third-order valence-corrected chi connectivity index (χ3v) is 8.62. The minimum atomic E-state index is -5.53. The van der Waals surface area contributed by atoms with Crippen LogP contribution in [0.4, 0.5) is 5.82 Å². The van der Waals surface area contributed by atoms with Crippen LogP contribution in [0.25, 0.3) is 11.2 Å². The average Bonchev–Trinajstić information content (AvgIpc) is 3.13. The van der Waals surface area contributed by atoms with Crippen LogP contribution in [0, 0.1) is 0 Å². The van der Waals surface area contributed by atoms with Crippen LogP contribution in [0.1, 0.15) is 6.23 Å². The van der Waals surface area contributed by atoms with Gasteiger partial charge in [0.25, 0.3) is 0 Å². The first kappa shape index (κ1) is 24.8. The third-order valence-electron chi connectivity index (χ3n) is 3.82. The summed E-state index contributed by atoms with van der Waals surface area (Å²) in [4.78, 5) is 50.1. The molecule has 0 aliphatic carbocycles. The van der Waals surface area contributed by atoms with Crippen molar-refractivity contribution in [1.82, 2.24) is 19.5 Å². The molecule has 0 aromatic carbocycles. The minimum Gasteiger partial charge on any atom is -0.621 e. The van der Waals surface area contributed by atoms with Crippen LogP contribution in [0.3, 0.4) is 0 Å². The van der Waals surface area contributed by atoms with Gasteiger partial charge in [-0.2, -0.15) is 8.83 Å². The summed E-state index contributed by atoms with van der Waals surface area (Å²) in [5, 5.41) is 20.5. The number of thiol groups is 1. The summed E-state index contributed by atoms with van der Waals surface area (Å²) in [7, 11) is -15.7. The van der Waals surface area contributed by atoms with Crippen LogP contribution in [0.2, 0.25) is 0 Å². The van der Waals surface area contributed by atoms with E-state index in [1.54, 1.807) is 0 Å². The number of hydrogen-bond acceptors (Lipinski definition) is 14.